The standard InChI is InChI=1S/C22H24N6S/c1-16-6-8-17(9-7-16)14-28-21(24-25-26-28)15-27-12-10-18(11-13-27)22-23-19-4-2-3-5-20(19)29-22/h2-9,18H,10-15H2,1H3. The summed E-state index contributed by atoms with van der Waals surface area (Å²) in [7, 11) is 0. The van der Waals surface area contributed by atoms with E-state index in [9.17, 15) is 0 Å². The number of fused-ring (bicyclic) bond motifs is 1. The number of tetrazole rings is 1. The minimum atomic E-state index is 0.562. The van der Waals surface area contributed by atoms with E-state index < -0.39 is 0 Å². The van der Waals surface area contributed by atoms with Crippen LogP contribution in [0.2, 0.25) is 0 Å². The monoisotopic (exact) mass is 404 g/mol. The van der Waals surface area contributed by atoms with Crippen LogP contribution in [0.4, 0.5) is 0 Å². The average molecular weight is 405 g/mol. The summed E-state index contributed by atoms with van der Waals surface area (Å²) in [6, 6.07) is 17.0. The topological polar surface area (TPSA) is 59.7 Å². The molecule has 0 spiro atoms. The molecule has 0 amide bonds. The number of benzene rings is 2. The van der Waals surface area contributed by atoms with Gasteiger partial charge in [0.05, 0.1) is 28.3 Å². The van der Waals surface area contributed by atoms with Crippen LogP contribution in [0, 0.1) is 6.92 Å². The van der Waals surface area contributed by atoms with E-state index in [1.54, 1.807) is 0 Å². The molecule has 0 atom stereocenters. The normalized spacial score (nSPS) is 15.9. The lowest BCUT2D eigenvalue weighted by Gasteiger charge is -2.30. The second-order valence-corrected chi connectivity index (χ2v) is 8.87. The summed E-state index contributed by atoms with van der Waals surface area (Å²) >= 11 is 1.85. The molecule has 6 nitrogen and oxygen atoms in total. The van der Waals surface area contributed by atoms with Crippen LogP contribution in [0.3, 0.4) is 0 Å². The number of aromatic nitrogens is 5. The zero-order chi connectivity index (χ0) is 19.6. The Hall–Kier alpha value is -2.64. The molecule has 1 aliphatic rings. The number of rotatable bonds is 5. The van der Waals surface area contributed by atoms with E-state index in [4.69, 9.17) is 4.98 Å². The van der Waals surface area contributed by atoms with Crippen molar-refractivity contribution in [3.05, 3.63) is 70.5 Å². The van der Waals surface area contributed by atoms with Gasteiger partial charge < -0.3 is 0 Å². The zero-order valence-corrected chi connectivity index (χ0v) is 17.3. The summed E-state index contributed by atoms with van der Waals surface area (Å²) in [5.74, 6) is 1.50. The second kappa shape index (κ2) is 8.00. The van der Waals surface area contributed by atoms with Crippen LogP contribution in [-0.2, 0) is 13.1 Å². The van der Waals surface area contributed by atoms with Crippen molar-refractivity contribution in [1.82, 2.24) is 30.1 Å². The van der Waals surface area contributed by atoms with Crippen molar-refractivity contribution in [2.45, 2.75) is 38.8 Å². The van der Waals surface area contributed by atoms with Crippen LogP contribution in [0.15, 0.2) is 48.5 Å². The van der Waals surface area contributed by atoms with Crippen molar-refractivity contribution >= 4 is 21.6 Å². The summed E-state index contributed by atoms with van der Waals surface area (Å²) in [4.78, 5) is 7.33. The van der Waals surface area contributed by atoms with E-state index in [1.165, 1.54) is 20.8 Å². The first kappa shape index (κ1) is 18.4. The predicted octanol–water partition coefficient (Wildman–Crippen LogP) is 4.02. The molecule has 148 valence electrons. The third-order valence-corrected chi connectivity index (χ3v) is 6.87. The molecule has 4 aromatic rings. The fraction of sp³-hybridized carbons (Fsp3) is 0.364. The van der Waals surface area contributed by atoms with E-state index in [-0.39, 0.29) is 0 Å². The fourth-order valence-corrected chi connectivity index (χ4v) is 5.06. The van der Waals surface area contributed by atoms with Gasteiger partial charge in [-0.1, -0.05) is 42.0 Å². The van der Waals surface area contributed by atoms with Crippen LogP contribution in [0.5, 0.6) is 0 Å². The van der Waals surface area contributed by atoms with Gasteiger partial charge in [0.15, 0.2) is 5.82 Å². The molecule has 1 aliphatic heterocycles. The van der Waals surface area contributed by atoms with Crippen molar-refractivity contribution in [3.63, 3.8) is 0 Å². The van der Waals surface area contributed by atoms with Gasteiger partial charge in [0, 0.05) is 5.92 Å². The molecule has 0 saturated carbocycles. The predicted molar refractivity (Wildman–Crippen MR) is 115 cm³/mol. The number of thiazole rings is 1. The Morgan fingerprint density at radius 1 is 1.00 bits per heavy atom. The van der Waals surface area contributed by atoms with Gasteiger partial charge in [0.1, 0.15) is 0 Å². The molecule has 0 radical (unpaired) electrons. The molecule has 1 fully saturated rings. The Balaban J connectivity index is 1.21. The molecule has 29 heavy (non-hydrogen) atoms. The summed E-state index contributed by atoms with van der Waals surface area (Å²) < 4.78 is 3.21. The Kier molecular flexibility index (Phi) is 5.08. The van der Waals surface area contributed by atoms with Crippen LogP contribution < -0.4 is 0 Å². The molecular weight excluding hydrogens is 380 g/mol. The first-order valence-corrected chi connectivity index (χ1v) is 10.9. The first-order chi connectivity index (χ1) is 14.2. The maximum absolute atomic E-state index is 4.87. The molecular formula is C22H24N6S. The lowest BCUT2D eigenvalue weighted by atomic mass is 9.97. The number of hydrogen-bond acceptors (Lipinski definition) is 6. The highest BCUT2D eigenvalue weighted by Crippen LogP contribution is 2.34. The second-order valence-electron chi connectivity index (χ2n) is 7.81. The highest BCUT2D eigenvalue weighted by molar-refractivity contribution is 7.18. The molecule has 2 aromatic heterocycles. The Bertz CT molecular complexity index is 1060. The maximum atomic E-state index is 4.87. The summed E-state index contributed by atoms with van der Waals surface area (Å²) in [5.41, 5.74) is 3.62. The van der Waals surface area contributed by atoms with Crippen molar-refractivity contribution in [2.75, 3.05) is 13.1 Å². The SMILES string of the molecule is Cc1ccc(Cn2nnnc2CN2CCC(c3nc4ccccc4s3)CC2)cc1. The quantitative estimate of drug-likeness (QED) is 0.503. The largest absolute Gasteiger partial charge is 0.296 e. The number of para-hydroxylation sites is 1. The average Bonchev–Trinajstić information content (AvgIpc) is 3.37. The van der Waals surface area contributed by atoms with Crippen molar-refractivity contribution in [2.24, 2.45) is 0 Å². The van der Waals surface area contributed by atoms with E-state index in [0.29, 0.717) is 12.5 Å². The van der Waals surface area contributed by atoms with Crippen LogP contribution in [0.25, 0.3) is 10.2 Å². The van der Waals surface area contributed by atoms with Gasteiger partial charge in [-0.2, -0.15) is 0 Å². The molecule has 1 saturated heterocycles. The number of piperidine rings is 1. The molecule has 2 aromatic carbocycles. The van der Waals surface area contributed by atoms with E-state index >= 15 is 0 Å². The lowest BCUT2D eigenvalue weighted by Crippen LogP contribution is -2.33. The summed E-state index contributed by atoms with van der Waals surface area (Å²) in [6.45, 7) is 5.72. The van der Waals surface area contributed by atoms with E-state index in [1.807, 2.05) is 16.0 Å². The number of aryl methyl sites for hydroxylation is 1. The molecule has 0 aliphatic carbocycles. The van der Waals surface area contributed by atoms with Gasteiger partial charge in [0.25, 0.3) is 0 Å². The van der Waals surface area contributed by atoms with Gasteiger partial charge in [-0.25, -0.2) is 9.67 Å². The van der Waals surface area contributed by atoms with E-state index in [0.717, 1.165) is 43.8 Å². The van der Waals surface area contributed by atoms with Gasteiger partial charge in [-0.15, -0.1) is 16.4 Å². The minimum absolute atomic E-state index is 0.562. The van der Waals surface area contributed by atoms with Gasteiger partial charge in [0.2, 0.25) is 0 Å². The maximum Gasteiger partial charge on any atom is 0.165 e. The molecule has 7 heteroatoms. The Morgan fingerprint density at radius 2 is 1.79 bits per heavy atom. The third kappa shape index (κ3) is 4.06. The van der Waals surface area contributed by atoms with Gasteiger partial charge in [-0.3, -0.25) is 4.90 Å². The highest BCUT2D eigenvalue weighted by atomic mass is 32.1. The van der Waals surface area contributed by atoms with Crippen molar-refractivity contribution < 1.29 is 0 Å². The fourth-order valence-electron chi connectivity index (χ4n) is 3.93. The molecule has 0 unspecified atom stereocenters. The molecule has 5 rings (SSSR count). The minimum Gasteiger partial charge on any atom is -0.296 e. The van der Waals surface area contributed by atoms with Crippen LogP contribution in [0.1, 0.15) is 40.7 Å². The smallest absolute Gasteiger partial charge is 0.165 e. The van der Waals surface area contributed by atoms with Crippen molar-refractivity contribution in [1.29, 1.82) is 0 Å². The first-order valence-electron chi connectivity index (χ1n) is 10.1. The molecule has 0 N–H and O–H groups in total. The van der Waals surface area contributed by atoms with Gasteiger partial charge in [-0.05, 0) is 61.0 Å². The highest BCUT2D eigenvalue weighted by Gasteiger charge is 2.24. The number of likely N-dealkylation sites (tertiary alicyclic amines) is 1. The van der Waals surface area contributed by atoms with Crippen molar-refractivity contribution in [3.8, 4) is 0 Å². The number of hydrogen-bond donors (Lipinski definition) is 0. The third-order valence-electron chi connectivity index (χ3n) is 5.67. The zero-order valence-electron chi connectivity index (χ0n) is 16.5. The summed E-state index contributed by atoms with van der Waals surface area (Å²) in [5, 5.41) is 13.7. The Labute approximate surface area is 174 Å². The lowest BCUT2D eigenvalue weighted by molar-refractivity contribution is 0.197. The van der Waals surface area contributed by atoms with Crippen LogP contribution in [-0.4, -0.2) is 43.2 Å². The van der Waals surface area contributed by atoms with Crippen LogP contribution >= 0.6 is 11.3 Å². The number of nitrogens with zero attached hydrogens (tertiary/aromatic N) is 6. The van der Waals surface area contributed by atoms with E-state index in [2.05, 4.69) is 75.9 Å². The van der Waals surface area contributed by atoms with Gasteiger partial charge >= 0.3 is 0 Å². The Morgan fingerprint density at radius 3 is 2.59 bits per heavy atom. The molecule has 0 bridgehead atoms. The summed E-state index contributed by atoms with van der Waals surface area (Å²) in [6.07, 6.45) is 2.28. The molecule has 3 heterocycles.